The highest BCUT2D eigenvalue weighted by Crippen LogP contribution is 2.55. The third-order valence-corrected chi connectivity index (χ3v) is 8.47. The van der Waals surface area contributed by atoms with Gasteiger partial charge in [0.05, 0.1) is 0 Å². The van der Waals surface area contributed by atoms with Gasteiger partial charge in [-0.15, -0.1) is 0 Å². The van der Waals surface area contributed by atoms with Gasteiger partial charge in [0.1, 0.15) is 0 Å². The van der Waals surface area contributed by atoms with E-state index in [4.69, 9.17) is 0 Å². The van der Waals surface area contributed by atoms with Crippen LogP contribution < -0.4 is 5.32 Å². The van der Waals surface area contributed by atoms with Crippen molar-refractivity contribution in [2.24, 2.45) is 22.2 Å². The van der Waals surface area contributed by atoms with Crippen molar-refractivity contribution < 1.29 is 0 Å². The van der Waals surface area contributed by atoms with Crippen molar-refractivity contribution in [2.75, 3.05) is 0 Å². The van der Waals surface area contributed by atoms with E-state index < -0.39 is 0 Å². The van der Waals surface area contributed by atoms with Crippen molar-refractivity contribution >= 4 is 0 Å². The van der Waals surface area contributed by atoms with Crippen LogP contribution in [-0.2, 0) is 0 Å². The second-order valence-corrected chi connectivity index (χ2v) is 11.1. The van der Waals surface area contributed by atoms with Crippen molar-refractivity contribution in [2.45, 2.75) is 131 Å². The van der Waals surface area contributed by atoms with E-state index in [9.17, 15) is 0 Å². The Hall–Kier alpha value is -0.0400. The van der Waals surface area contributed by atoms with Gasteiger partial charge in [-0.2, -0.15) is 0 Å². The first-order valence-electron chi connectivity index (χ1n) is 11.4. The van der Waals surface area contributed by atoms with Crippen LogP contribution in [0.4, 0.5) is 0 Å². The van der Waals surface area contributed by atoms with Crippen LogP contribution >= 0.6 is 0 Å². The van der Waals surface area contributed by atoms with Crippen molar-refractivity contribution in [1.82, 2.24) is 5.32 Å². The molecule has 2 rings (SSSR count). The minimum absolute atomic E-state index is 0.418. The molecule has 2 aliphatic heterocycles. The van der Waals surface area contributed by atoms with Gasteiger partial charge in [-0.05, 0) is 60.7 Å². The van der Waals surface area contributed by atoms with Crippen molar-refractivity contribution in [3.05, 3.63) is 0 Å². The van der Waals surface area contributed by atoms with E-state index in [1.807, 2.05) is 0 Å². The number of piperidine rings is 1. The van der Waals surface area contributed by atoms with Crippen LogP contribution in [0, 0.1) is 22.2 Å². The van der Waals surface area contributed by atoms with Gasteiger partial charge in [0, 0.05) is 12.1 Å². The minimum atomic E-state index is 0.418. The van der Waals surface area contributed by atoms with E-state index in [0.29, 0.717) is 16.2 Å². The largest absolute Gasteiger partial charge is 0.311 e. The normalized spacial score (nSPS) is 29.6. The number of unbranched alkanes of at least 4 members (excludes halogenated alkanes) is 3. The molecule has 0 radical (unpaired) electrons. The summed E-state index contributed by atoms with van der Waals surface area (Å²) in [5.41, 5.74) is 1.36. The van der Waals surface area contributed by atoms with Crippen molar-refractivity contribution in [3.63, 3.8) is 0 Å². The highest BCUT2D eigenvalue weighted by atomic mass is 15.0. The van der Waals surface area contributed by atoms with Gasteiger partial charge in [-0.25, -0.2) is 0 Å². The standard InChI is InChI=1S/C24H47N/c1-8-10-11-12-15-24(7,9-2)23(5,6)18-22(3,4)19-16-20-13-14-21(17-19)25-20/h19-21,25H,8-18H2,1-7H3. The molecule has 2 heterocycles. The summed E-state index contributed by atoms with van der Waals surface area (Å²) < 4.78 is 0. The summed E-state index contributed by atoms with van der Waals surface area (Å²) in [6.07, 6.45) is 15.4. The van der Waals surface area contributed by atoms with E-state index in [2.05, 4.69) is 53.8 Å². The number of hydrogen-bond donors (Lipinski definition) is 1. The topological polar surface area (TPSA) is 12.0 Å². The Morgan fingerprint density at radius 3 is 1.96 bits per heavy atom. The zero-order chi connectivity index (χ0) is 18.7. The summed E-state index contributed by atoms with van der Waals surface area (Å²) in [5, 5.41) is 3.84. The fraction of sp³-hybridized carbons (Fsp3) is 1.00. The highest BCUT2D eigenvalue weighted by molar-refractivity contribution is 4.99. The average Bonchev–Trinajstić information content (AvgIpc) is 2.88. The molecule has 1 N–H and O–H groups in total. The molecule has 1 nitrogen and oxygen atoms in total. The zero-order valence-corrected chi connectivity index (χ0v) is 18.5. The third-order valence-electron chi connectivity index (χ3n) is 8.47. The van der Waals surface area contributed by atoms with Gasteiger partial charge in [0.15, 0.2) is 0 Å². The minimum Gasteiger partial charge on any atom is -0.311 e. The van der Waals surface area contributed by atoms with E-state index in [1.165, 1.54) is 70.6 Å². The maximum absolute atomic E-state index is 3.84. The molecule has 1 heteroatoms. The van der Waals surface area contributed by atoms with Crippen LogP contribution in [0.1, 0.15) is 119 Å². The predicted molar refractivity (Wildman–Crippen MR) is 112 cm³/mol. The summed E-state index contributed by atoms with van der Waals surface area (Å²) in [6, 6.07) is 1.63. The molecule has 2 bridgehead atoms. The Morgan fingerprint density at radius 2 is 1.44 bits per heavy atom. The van der Waals surface area contributed by atoms with E-state index in [0.717, 1.165) is 18.0 Å². The smallest absolute Gasteiger partial charge is 0.00730 e. The van der Waals surface area contributed by atoms with E-state index in [-0.39, 0.29) is 0 Å². The van der Waals surface area contributed by atoms with E-state index >= 15 is 0 Å². The Morgan fingerprint density at radius 1 is 0.840 bits per heavy atom. The Balaban J connectivity index is 2.00. The third kappa shape index (κ3) is 5.02. The van der Waals surface area contributed by atoms with Crippen LogP contribution in [0.15, 0.2) is 0 Å². The fourth-order valence-electron chi connectivity index (χ4n) is 6.13. The maximum atomic E-state index is 3.84. The summed E-state index contributed by atoms with van der Waals surface area (Å²) in [6.45, 7) is 17.6. The molecule has 0 spiro atoms. The van der Waals surface area contributed by atoms with Crippen molar-refractivity contribution in [3.8, 4) is 0 Å². The van der Waals surface area contributed by atoms with Crippen LogP contribution in [0.2, 0.25) is 0 Å². The molecule has 2 saturated heterocycles. The molecule has 148 valence electrons. The average molecular weight is 350 g/mol. The lowest BCUT2D eigenvalue weighted by Gasteiger charge is -2.51. The van der Waals surface area contributed by atoms with Crippen LogP contribution in [0.25, 0.3) is 0 Å². The second-order valence-electron chi connectivity index (χ2n) is 11.1. The molecular weight excluding hydrogens is 302 g/mol. The van der Waals surface area contributed by atoms with Crippen LogP contribution in [-0.4, -0.2) is 12.1 Å². The molecule has 0 aromatic rings. The van der Waals surface area contributed by atoms with Gasteiger partial charge >= 0.3 is 0 Å². The molecule has 3 atom stereocenters. The number of rotatable bonds is 10. The molecule has 0 aliphatic carbocycles. The first-order valence-corrected chi connectivity index (χ1v) is 11.4. The molecule has 25 heavy (non-hydrogen) atoms. The lowest BCUT2D eigenvalue weighted by molar-refractivity contribution is -0.00524. The SMILES string of the molecule is CCCCCCC(C)(CC)C(C)(C)CC(C)(C)C1CC2CCC(C1)N2. The quantitative estimate of drug-likeness (QED) is 0.407. The van der Waals surface area contributed by atoms with Crippen LogP contribution in [0.5, 0.6) is 0 Å². The lowest BCUT2D eigenvalue weighted by Crippen LogP contribution is -2.46. The lowest BCUT2D eigenvalue weighted by atomic mass is 9.55. The number of fused-ring (bicyclic) bond motifs is 2. The van der Waals surface area contributed by atoms with Gasteiger partial charge in [-0.3, -0.25) is 0 Å². The summed E-state index contributed by atoms with van der Waals surface area (Å²) in [5.74, 6) is 0.909. The summed E-state index contributed by atoms with van der Waals surface area (Å²) in [4.78, 5) is 0. The molecule has 0 saturated carbocycles. The first-order chi connectivity index (χ1) is 11.6. The van der Waals surface area contributed by atoms with Gasteiger partial charge in [0.2, 0.25) is 0 Å². The Labute approximate surface area is 159 Å². The zero-order valence-electron chi connectivity index (χ0n) is 18.5. The number of hydrogen-bond acceptors (Lipinski definition) is 1. The highest BCUT2D eigenvalue weighted by Gasteiger charge is 2.46. The monoisotopic (exact) mass is 349 g/mol. The molecule has 2 fully saturated rings. The Kier molecular flexibility index (Phi) is 7.08. The van der Waals surface area contributed by atoms with Gasteiger partial charge in [-0.1, -0.05) is 80.6 Å². The molecule has 2 aliphatic rings. The molecular formula is C24H47N. The molecule has 0 aromatic carbocycles. The molecule has 0 amide bonds. The second kappa shape index (κ2) is 8.32. The summed E-state index contributed by atoms with van der Waals surface area (Å²) >= 11 is 0. The molecule has 0 aromatic heterocycles. The summed E-state index contributed by atoms with van der Waals surface area (Å²) in [7, 11) is 0. The van der Waals surface area contributed by atoms with Crippen LogP contribution in [0.3, 0.4) is 0 Å². The van der Waals surface area contributed by atoms with Crippen molar-refractivity contribution in [1.29, 1.82) is 0 Å². The van der Waals surface area contributed by atoms with Gasteiger partial charge in [0.25, 0.3) is 0 Å². The fourth-order valence-corrected chi connectivity index (χ4v) is 6.13. The Bertz CT molecular complexity index is 398. The number of nitrogens with one attached hydrogen (secondary N) is 1. The van der Waals surface area contributed by atoms with E-state index in [1.54, 1.807) is 0 Å². The first kappa shape index (κ1) is 21.3. The molecule has 3 unspecified atom stereocenters. The van der Waals surface area contributed by atoms with Gasteiger partial charge < -0.3 is 5.32 Å². The maximum Gasteiger partial charge on any atom is 0.00730 e. The predicted octanol–water partition coefficient (Wildman–Crippen LogP) is 7.35.